The average molecular weight is 363 g/mol. The molecule has 0 atom stereocenters. The Morgan fingerprint density at radius 3 is 2.85 bits per heavy atom. The zero-order valence-electron chi connectivity index (χ0n) is 15.2. The van der Waals surface area contributed by atoms with E-state index < -0.39 is 0 Å². The smallest absolute Gasteiger partial charge is 0.270 e. The molecule has 0 aliphatic carbocycles. The van der Waals surface area contributed by atoms with Gasteiger partial charge in [-0.1, -0.05) is 12.1 Å². The zero-order valence-corrected chi connectivity index (χ0v) is 15.2. The quantitative estimate of drug-likeness (QED) is 0.585. The molecule has 0 aliphatic heterocycles. The van der Waals surface area contributed by atoms with Gasteiger partial charge >= 0.3 is 0 Å². The summed E-state index contributed by atoms with van der Waals surface area (Å²) in [6.45, 7) is 0.456. The van der Waals surface area contributed by atoms with Gasteiger partial charge in [0, 0.05) is 37.0 Å². The lowest BCUT2D eigenvalue weighted by Crippen LogP contribution is -2.26. The van der Waals surface area contributed by atoms with E-state index in [1.165, 1.54) is 6.20 Å². The van der Waals surface area contributed by atoms with E-state index in [-0.39, 0.29) is 5.91 Å². The van der Waals surface area contributed by atoms with Crippen LogP contribution in [0.3, 0.4) is 0 Å². The lowest BCUT2D eigenvalue weighted by molar-refractivity contribution is 0.0780. The Labute approximate surface area is 157 Å². The monoisotopic (exact) mass is 363 g/mol. The number of fused-ring (bicyclic) bond motifs is 1. The SMILES string of the molecule is COc1cccc(CN(C)C(=O)c2cc3ccc(/C(C=N)=C/N)nc3[nH]2)c1. The highest BCUT2D eigenvalue weighted by atomic mass is 16.5. The topological polar surface area (TPSA) is 108 Å². The number of nitrogens with two attached hydrogens (primary N) is 1. The molecule has 0 saturated carbocycles. The molecule has 7 heteroatoms. The molecule has 0 fully saturated rings. The number of aromatic nitrogens is 2. The molecule has 2 heterocycles. The molecule has 0 unspecified atom stereocenters. The number of rotatable bonds is 6. The lowest BCUT2D eigenvalue weighted by atomic mass is 10.2. The molecular formula is C20H21N5O2. The molecule has 138 valence electrons. The summed E-state index contributed by atoms with van der Waals surface area (Å²) in [7, 11) is 3.36. The minimum Gasteiger partial charge on any atom is -0.497 e. The Bertz CT molecular complexity index is 1020. The lowest BCUT2D eigenvalue weighted by Gasteiger charge is -2.16. The van der Waals surface area contributed by atoms with E-state index in [0.29, 0.717) is 29.2 Å². The number of benzene rings is 1. The van der Waals surface area contributed by atoms with Crippen LogP contribution >= 0.6 is 0 Å². The van der Waals surface area contributed by atoms with Crippen molar-refractivity contribution in [1.82, 2.24) is 14.9 Å². The summed E-state index contributed by atoms with van der Waals surface area (Å²) in [5.74, 6) is 0.615. The third kappa shape index (κ3) is 3.82. The fourth-order valence-electron chi connectivity index (χ4n) is 2.81. The van der Waals surface area contributed by atoms with E-state index in [2.05, 4.69) is 9.97 Å². The number of amides is 1. The molecule has 4 N–H and O–H groups in total. The number of pyridine rings is 1. The van der Waals surface area contributed by atoms with Crippen LogP contribution in [0.5, 0.6) is 5.75 Å². The number of carbonyl (C=O) groups is 1. The highest BCUT2D eigenvalue weighted by Gasteiger charge is 2.16. The molecule has 1 amide bonds. The zero-order chi connectivity index (χ0) is 19.4. The molecule has 0 aliphatic rings. The van der Waals surface area contributed by atoms with Crippen LogP contribution in [0.25, 0.3) is 16.6 Å². The number of hydrogen-bond donors (Lipinski definition) is 3. The highest BCUT2D eigenvalue weighted by Crippen LogP contribution is 2.19. The third-order valence-electron chi connectivity index (χ3n) is 4.24. The largest absolute Gasteiger partial charge is 0.497 e. The van der Waals surface area contributed by atoms with Gasteiger partial charge in [-0.2, -0.15) is 0 Å². The van der Waals surface area contributed by atoms with Crippen LogP contribution in [-0.2, 0) is 6.54 Å². The van der Waals surface area contributed by atoms with Crippen LogP contribution in [0, 0.1) is 5.41 Å². The van der Waals surface area contributed by atoms with Crippen LogP contribution in [-0.4, -0.2) is 41.1 Å². The number of nitrogens with zero attached hydrogens (tertiary/aromatic N) is 2. The minimum atomic E-state index is -0.140. The summed E-state index contributed by atoms with van der Waals surface area (Å²) in [4.78, 5) is 21.9. The Kier molecular flexibility index (Phi) is 5.21. The molecule has 0 bridgehead atoms. The second kappa shape index (κ2) is 7.74. The van der Waals surface area contributed by atoms with E-state index in [1.54, 1.807) is 31.2 Å². The Hall–Kier alpha value is -3.61. The second-order valence-electron chi connectivity index (χ2n) is 6.10. The molecule has 0 saturated heterocycles. The maximum atomic E-state index is 12.8. The molecule has 0 spiro atoms. The number of aromatic amines is 1. The van der Waals surface area contributed by atoms with Crippen molar-refractivity contribution < 1.29 is 9.53 Å². The molecule has 0 radical (unpaired) electrons. The van der Waals surface area contributed by atoms with Crippen LogP contribution in [0.15, 0.2) is 48.7 Å². The van der Waals surface area contributed by atoms with Crippen molar-refractivity contribution in [2.24, 2.45) is 5.73 Å². The second-order valence-corrected chi connectivity index (χ2v) is 6.10. The van der Waals surface area contributed by atoms with Crippen molar-refractivity contribution in [3.8, 4) is 5.75 Å². The molecule has 7 nitrogen and oxygen atoms in total. The van der Waals surface area contributed by atoms with Gasteiger partial charge in [0.25, 0.3) is 5.91 Å². The van der Waals surface area contributed by atoms with Crippen molar-refractivity contribution in [2.75, 3.05) is 14.2 Å². The summed E-state index contributed by atoms with van der Waals surface area (Å²) in [5.41, 5.74) is 8.60. The normalized spacial score (nSPS) is 11.4. The third-order valence-corrected chi connectivity index (χ3v) is 4.24. The Balaban J connectivity index is 1.83. The summed E-state index contributed by atoms with van der Waals surface area (Å²) in [5, 5.41) is 8.20. The van der Waals surface area contributed by atoms with Gasteiger partial charge in [-0.25, -0.2) is 4.98 Å². The van der Waals surface area contributed by atoms with Gasteiger partial charge in [-0.05, 0) is 35.9 Å². The summed E-state index contributed by atoms with van der Waals surface area (Å²) < 4.78 is 5.22. The number of H-pyrrole nitrogens is 1. The summed E-state index contributed by atoms with van der Waals surface area (Å²) >= 11 is 0. The van der Waals surface area contributed by atoms with Crippen molar-refractivity contribution in [3.63, 3.8) is 0 Å². The maximum Gasteiger partial charge on any atom is 0.270 e. The predicted octanol–water partition coefficient (Wildman–Crippen LogP) is 2.79. The fourth-order valence-corrected chi connectivity index (χ4v) is 2.81. The van der Waals surface area contributed by atoms with Gasteiger partial charge in [0.1, 0.15) is 17.1 Å². The van der Waals surface area contributed by atoms with Gasteiger partial charge in [-0.15, -0.1) is 0 Å². The van der Waals surface area contributed by atoms with E-state index in [9.17, 15) is 4.79 Å². The number of carbonyl (C=O) groups excluding carboxylic acids is 1. The molecule has 3 aromatic rings. The highest BCUT2D eigenvalue weighted by molar-refractivity contribution is 6.08. The molecule has 27 heavy (non-hydrogen) atoms. The molecule has 1 aromatic carbocycles. The van der Waals surface area contributed by atoms with Crippen LogP contribution in [0.1, 0.15) is 21.7 Å². The van der Waals surface area contributed by atoms with Gasteiger partial charge < -0.3 is 25.8 Å². The number of allylic oxidation sites excluding steroid dienone is 1. The van der Waals surface area contributed by atoms with Crippen molar-refractivity contribution in [1.29, 1.82) is 5.41 Å². The molecular weight excluding hydrogens is 342 g/mol. The van der Waals surface area contributed by atoms with Crippen LogP contribution in [0.2, 0.25) is 0 Å². The number of ether oxygens (including phenoxy) is 1. The molecule has 2 aromatic heterocycles. The van der Waals surface area contributed by atoms with Crippen molar-refractivity contribution >= 4 is 28.7 Å². The average Bonchev–Trinajstić information content (AvgIpc) is 3.12. The van der Waals surface area contributed by atoms with Crippen LogP contribution in [0.4, 0.5) is 0 Å². The van der Waals surface area contributed by atoms with Crippen molar-refractivity contribution in [3.05, 3.63) is 65.6 Å². The van der Waals surface area contributed by atoms with E-state index in [0.717, 1.165) is 22.9 Å². The van der Waals surface area contributed by atoms with Gasteiger partial charge in [0.15, 0.2) is 0 Å². The Morgan fingerprint density at radius 1 is 1.33 bits per heavy atom. The number of hydrogen-bond acceptors (Lipinski definition) is 5. The first-order valence-corrected chi connectivity index (χ1v) is 8.36. The van der Waals surface area contributed by atoms with Gasteiger partial charge in [0.2, 0.25) is 0 Å². The van der Waals surface area contributed by atoms with E-state index in [1.807, 2.05) is 30.3 Å². The minimum absolute atomic E-state index is 0.140. The first-order valence-electron chi connectivity index (χ1n) is 8.36. The fraction of sp³-hybridized carbons (Fsp3) is 0.150. The van der Waals surface area contributed by atoms with Crippen molar-refractivity contribution in [2.45, 2.75) is 6.54 Å². The van der Waals surface area contributed by atoms with Gasteiger partial charge in [-0.3, -0.25) is 4.79 Å². The first-order chi connectivity index (χ1) is 13.0. The maximum absolute atomic E-state index is 12.8. The summed E-state index contributed by atoms with van der Waals surface area (Å²) in [6, 6.07) is 13.0. The predicted molar refractivity (Wildman–Crippen MR) is 106 cm³/mol. The van der Waals surface area contributed by atoms with E-state index in [4.69, 9.17) is 15.9 Å². The number of methoxy groups -OCH3 is 1. The van der Waals surface area contributed by atoms with E-state index >= 15 is 0 Å². The Morgan fingerprint density at radius 2 is 2.15 bits per heavy atom. The van der Waals surface area contributed by atoms with Crippen LogP contribution < -0.4 is 10.5 Å². The molecule has 3 rings (SSSR count). The van der Waals surface area contributed by atoms with Gasteiger partial charge in [0.05, 0.1) is 12.8 Å². The first kappa shape index (κ1) is 18.2. The summed E-state index contributed by atoms with van der Waals surface area (Å²) in [6.07, 6.45) is 2.48. The standard InChI is InChI=1S/C20H21N5O2/c1-25(12-13-4-3-5-16(8-13)27-2)20(26)18-9-14-6-7-17(15(10-21)11-22)23-19(14)24-18/h3-11,21H,12,22H2,1-2H3,(H,23,24)/b15-11+,21-10?. The number of nitrogens with one attached hydrogen (secondary N) is 2.